The zero-order valence-electron chi connectivity index (χ0n) is 11.1. The van der Waals surface area contributed by atoms with Gasteiger partial charge in [0, 0.05) is 25.8 Å². The summed E-state index contributed by atoms with van der Waals surface area (Å²) in [6.07, 6.45) is 0. The van der Waals surface area contributed by atoms with Crippen LogP contribution in [0.4, 0.5) is 5.69 Å². The van der Waals surface area contributed by atoms with Crippen LogP contribution in [0.25, 0.3) is 0 Å². The molecule has 0 radical (unpaired) electrons. The van der Waals surface area contributed by atoms with Crippen molar-refractivity contribution in [2.45, 2.75) is 6.04 Å². The predicted molar refractivity (Wildman–Crippen MR) is 89.0 cm³/mol. The van der Waals surface area contributed by atoms with Gasteiger partial charge in [-0.1, -0.05) is 51.3 Å². The summed E-state index contributed by atoms with van der Waals surface area (Å²) in [5, 5.41) is 4.03. The van der Waals surface area contributed by atoms with E-state index in [1.165, 1.54) is 7.11 Å². The number of anilines is 1. The van der Waals surface area contributed by atoms with Gasteiger partial charge in [0.05, 0.1) is 7.11 Å². The van der Waals surface area contributed by atoms with E-state index >= 15 is 0 Å². The summed E-state index contributed by atoms with van der Waals surface area (Å²) in [6, 6.07) is 11.7. The molecule has 2 aromatic carbocycles. The molecule has 1 N–H and O–H groups in total. The van der Waals surface area contributed by atoms with Gasteiger partial charge in [-0.2, -0.15) is 0 Å². The summed E-state index contributed by atoms with van der Waals surface area (Å²) < 4.78 is 5.75. The summed E-state index contributed by atoms with van der Waals surface area (Å²) >= 11 is 15.5. The van der Waals surface area contributed by atoms with E-state index in [1.807, 2.05) is 24.3 Å². The number of methoxy groups -OCH3 is 1. The van der Waals surface area contributed by atoms with Crippen molar-refractivity contribution in [2.24, 2.45) is 0 Å². The van der Waals surface area contributed by atoms with E-state index in [0.29, 0.717) is 15.6 Å². The molecule has 2 aromatic rings. The average molecular weight is 389 g/mol. The van der Waals surface area contributed by atoms with E-state index in [0.717, 1.165) is 10.2 Å². The molecule has 0 bridgehead atoms. The molecule has 6 heteroatoms. The van der Waals surface area contributed by atoms with Crippen LogP contribution >= 0.6 is 39.1 Å². The average Bonchev–Trinajstić information content (AvgIpc) is 2.45. The zero-order valence-corrected chi connectivity index (χ0v) is 14.2. The molecular formula is C15H12BrCl2NO2. The van der Waals surface area contributed by atoms with Crippen LogP contribution in [0.5, 0.6) is 0 Å². The predicted octanol–water partition coefficient (Wildman–Crippen LogP) is 5.08. The lowest BCUT2D eigenvalue weighted by atomic mass is 10.1. The largest absolute Gasteiger partial charge is 0.467 e. The van der Waals surface area contributed by atoms with Crippen molar-refractivity contribution in [3.8, 4) is 0 Å². The Morgan fingerprint density at radius 3 is 2.62 bits per heavy atom. The van der Waals surface area contributed by atoms with Gasteiger partial charge >= 0.3 is 5.97 Å². The molecule has 0 aliphatic heterocycles. The molecule has 1 atom stereocenters. The van der Waals surface area contributed by atoms with Crippen LogP contribution in [0, 0.1) is 0 Å². The van der Waals surface area contributed by atoms with E-state index in [-0.39, 0.29) is 0 Å². The van der Waals surface area contributed by atoms with Gasteiger partial charge < -0.3 is 10.1 Å². The zero-order chi connectivity index (χ0) is 15.4. The number of nitrogens with one attached hydrogen (secondary N) is 1. The quantitative estimate of drug-likeness (QED) is 0.742. The fourth-order valence-corrected chi connectivity index (χ4v) is 2.78. The molecule has 3 nitrogen and oxygen atoms in total. The fraction of sp³-hybridized carbons (Fsp3) is 0.133. The Labute approximate surface area is 141 Å². The summed E-state index contributed by atoms with van der Waals surface area (Å²) in [5.74, 6) is -0.431. The summed E-state index contributed by atoms with van der Waals surface area (Å²) in [4.78, 5) is 12.1. The molecule has 2 rings (SSSR count). The van der Waals surface area contributed by atoms with Crippen molar-refractivity contribution in [2.75, 3.05) is 12.4 Å². The van der Waals surface area contributed by atoms with Crippen molar-refractivity contribution in [3.05, 3.63) is 62.5 Å². The molecule has 0 aliphatic carbocycles. The summed E-state index contributed by atoms with van der Waals surface area (Å²) in [6.45, 7) is 0. The molecule has 0 saturated heterocycles. The normalized spacial score (nSPS) is 11.8. The highest BCUT2D eigenvalue weighted by Crippen LogP contribution is 2.30. The van der Waals surface area contributed by atoms with E-state index in [4.69, 9.17) is 27.9 Å². The second-order valence-corrected chi connectivity index (χ2v) is 6.04. The van der Waals surface area contributed by atoms with E-state index in [1.54, 1.807) is 18.2 Å². The first-order valence-electron chi connectivity index (χ1n) is 6.06. The molecule has 0 aliphatic rings. The Morgan fingerprint density at radius 1 is 1.24 bits per heavy atom. The lowest BCUT2D eigenvalue weighted by Crippen LogP contribution is -2.22. The maximum Gasteiger partial charge on any atom is 0.333 e. The number of hydrogen-bond donors (Lipinski definition) is 1. The molecule has 0 saturated carbocycles. The molecule has 110 valence electrons. The number of carbonyl (C=O) groups is 1. The van der Waals surface area contributed by atoms with Crippen molar-refractivity contribution in [3.63, 3.8) is 0 Å². The summed E-state index contributed by atoms with van der Waals surface area (Å²) in [7, 11) is 1.34. The topological polar surface area (TPSA) is 38.3 Å². The first-order valence-corrected chi connectivity index (χ1v) is 7.61. The minimum absolute atomic E-state index is 0.403. The fourth-order valence-electron chi connectivity index (χ4n) is 1.86. The van der Waals surface area contributed by atoms with E-state index in [2.05, 4.69) is 21.2 Å². The lowest BCUT2D eigenvalue weighted by Gasteiger charge is -2.19. The SMILES string of the molecule is COC(=O)C(Nc1cccc(Br)c1)c1ccc(Cl)cc1Cl. The minimum atomic E-state index is -0.714. The highest BCUT2D eigenvalue weighted by molar-refractivity contribution is 9.10. The van der Waals surface area contributed by atoms with Gasteiger partial charge in [-0.25, -0.2) is 4.79 Å². The van der Waals surface area contributed by atoms with Crippen LogP contribution in [0.3, 0.4) is 0 Å². The number of esters is 1. The maximum atomic E-state index is 12.1. The number of carbonyl (C=O) groups excluding carboxylic acids is 1. The van der Waals surface area contributed by atoms with E-state index < -0.39 is 12.0 Å². The number of ether oxygens (including phenoxy) is 1. The maximum absolute atomic E-state index is 12.1. The Bertz CT molecular complexity index is 664. The molecule has 0 amide bonds. The first kappa shape index (κ1) is 16.1. The third-order valence-corrected chi connectivity index (χ3v) is 3.90. The monoisotopic (exact) mass is 387 g/mol. The third-order valence-electron chi connectivity index (χ3n) is 2.85. The molecular weight excluding hydrogens is 377 g/mol. The van der Waals surface area contributed by atoms with Gasteiger partial charge in [0.15, 0.2) is 6.04 Å². The highest BCUT2D eigenvalue weighted by Gasteiger charge is 2.24. The molecule has 0 heterocycles. The molecule has 0 fully saturated rings. The molecule has 0 aromatic heterocycles. The van der Waals surface area contributed by atoms with Crippen LogP contribution in [-0.2, 0) is 9.53 Å². The second kappa shape index (κ2) is 7.16. The molecule has 0 spiro atoms. The lowest BCUT2D eigenvalue weighted by molar-refractivity contribution is -0.141. The Balaban J connectivity index is 2.37. The highest BCUT2D eigenvalue weighted by atomic mass is 79.9. The van der Waals surface area contributed by atoms with Gasteiger partial charge in [-0.3, -0.25) is 0 Å². The van der Waals surface area contributed by atoms with Crippen molar-refractivity contribution in [1.29, 1.82) is 0 Å². The second-order valence-electron chi connectivity index (χ2n) is 4.28. The van der Waals surface area contributed by atoms with Gasteiger partial charge in [0.2, 0.25) is 0 Å². The van der Waals surface area contributed by atoms with Gasteiger partial charge in [-0.15, -0.1) is 0 Å². The Hall–Kier alpha value is -1.23. The number of hydrogen-bond acceptors (Lipinski definition) is 3. The minimum Gasteiger partial charge on any atom is -0.467 e. The van der Waals surface area contributed by atoms with Gasteiger partial charge in [0.1, 0.15) is 0 Å². The number of rotatable bonds is 4. The van der Waals surface area contributed by atoms with Crippen LogP contribution in [0.2, 0.25) is 10.0 Å². The van der Waals surface area contributed by atoms with Crippen LogP contribution in [0.1, 0.15) is 11.6 Å². The van der Waals surface area contributed by atoms with Crippen LogP contribution < -0.4 is 5.32 Å². The number of halogens is 3. The molecule has 1 unspecified atom stereocenters. The van der Waals surface area contributed by atoms with Gasteiger partial charge in [-0.05, 0) is 30.3 Å². The Kier molecular flexibility index (Phi) is 5.51. The number of benzene rings is 2. The smallest absolute Gasteiger partial charge is 0.333 e. The standard InChI is InChI=1S/C15H12BrCl2NO2/c1-21-15(20)14(12-6-5-10(17)8-13(12)18)19-11-4-2-3-9(16)7-11/h2-8,14,19H,1H3. The van der Waals surface area contributed by atoms with Gasteiger partial charge in [0.25, 0.3) is 0 Å². The molecule has 21 heavy (non-hydrogen) atoms. The van der Waals surface area contributed by atoms with E-state index in [9.17, 15) is 4.79 Å². The summed E-state index contributed by atoms with van der Waals surface area (Å²) in [5.41, 5.74) is 1.37. The van der Waals surface area contributed by atoms with Crippen molar-refractivity contribution < 1.29 is 9.53 Å². The van der Waals surface area contributed by atoms with Crippen LogP contribution in [-0.4, -0.2) is 13.1 Å². The Morgan fingerprint density at radius 2 is 2.00 bits per heavy atom. The first-order chi connectivity index (χ1) is 10.0. The van der Waals surface area contributed by atoms with Crippen LogP contribution in [0.15, 0.2) is 46.9 Å². The van der Waals surface area contributed by atoms with Crippen molar-refractivity contribution in [1.82, 2.24) is 0 Å². The van der Waals surface area contributed by atoms with Crippen molar-refractivity contribution >= 4 is 50.8 Å². The third kappa shape index (κ3) is 4.13.